The van der Waals surface area contributed by atoms with Gasteiger partial charge in [0.25, 0.3) is 5.91 Å². The molecule has 2 aromatic carbocycles. The standard InChI is InChI=1S/C33H39N7O4/c1-4-39(5-2)32(43)44-33(25-14-10-7-11-15-25)16-20-40(21-17-33)31(42)27-22-26-29(35-19-18-34-23(3)41)37-28(38-30(26)36-27)24-12-8-6-9-13-24/h6-15,22H,4-5,16-21H2,1-3H3,(H,34,41)(H2,35,36,37,38). The van der Waals surface area contributed by atoms with Crippen molar-refractivity contribution in [2.75, 3.05) is 44.6 Å². The number of aromatic nitrogens is 3. The van der Waals surface area contributed by atoms with Crippen molar-refractivity contribution in [3.63, 3.8) is 0 Å². The molecule has 3 N–H and O–H groups in total. The Morgan fingerprint density at radius 2 is 1.61 bits per heavy atom. The number of H-pyrrole nitrogens is 1. The first-order valence-corrected chi connectivity index (χ1v) is 15.1. The van der Waals surface area contributed by atoms with E-state index in [-0.39, 0.29) is 17.9 Å². The lowest BCUT2D eigenvalue weighted by atomic mass is 9.84. The predicted octanol–water partition coefficient (Wildman–Crippen LogP) is 4.78. The van der Waals surface area contributed by atoms with Crippen molar-refractivity contribution in [2.24, 2.45) is 0 Å². The maximum absolute atomic E-state index is 13.8. The molecule has 5 rings (SSSR count). The maximum atomic E-state index is 13.8. The van der Waals surface area contributed by atoms with Crippen molar-refractivity contribution in [1.82, 2.24) is 30.1 Å². The summed E-state index contributed by atoms with van der Waals surface area (Å²) in [6.07, 6.45) is 0.606. The van der Waals surface area contributed by atoms with Gasteiger partial charge >= 0.3 is 6.09 Å². The fourth-order valence-corrected chi connectivity index (χ4v) is 5.54. The zero-order chi connectivity index (χ0) is 31.1. The third kappa shape index (κ3) is 6.66. The minimum atomic E-state index is -0.820. The topological polar surface area (TPSA) is 133 Å². The number of likely N-dealkylation sites (tertiary alicyclic amines) is 1. The highest BCUT2D eigenvalue weighted by atomic mass is 16.6. The second-order valence-electron chi connectivity index (χ2n) is 10.8. The number of hydrogen-bond acceptors (Lipinski definition) is 7. The highest BCUT2D eigenvalue weighted by Gasteiger charge is 2.42. The number of carbonyl (C=O) groups excluding carboxylic acids is 3. The molecule has 1 saturated heterocycles. The van der Waals surface area contributed by atoms with E-state index in [1.807, 2.05) is 74.5 Å². The number of nitrogens with one attached hydrogen (secondary N) is 3. The first kappa shape index (κ1) is 30.5. The molecule has 0 unspecified atom stereocenters. The highest BCUT2D eigenvalue weighted by molar-refractivity contribution is 6.00. The van der Waals surface area contributed by atoms with Crippen molar-refractivity contribution in [3.8, 4) is 11.4 Å². The SMILES string of the molecule is CCN(CC)C(=O)OC1(c2ccccc2)CCN(C(=O)c2cc3c(NCCNC(C)=O)nc(-c4ccccc4)nc3[nH]2)CC1. The third-order valence-corrected chi connectivity index (χ3v) is 8.00. The lowest BCUT2D eigenvalue weighted by Crippen LogP contribution is -2.49. The Balaban J connectivity index is 1.39. The summed E-state index contributed by atoms with van der Waals surface area (Å²) >= 11 is 0. The van der Waals surface area contributed by atoms with Gasteiger partial charge in [-0.25, -0.2) is 14.8 Å². The summed E-state index contributed by atoms with van der Waals surface area (Å²) in [5, 5.41) is 6.74. The van der Waals surface area contributed by atoms with E-state index in [1.165, 1.54) is 6.92 Å². The van der Waals surface area contributed by atoms with Crippen molar-refractivity contribution < 1.29 is 19.1 Å². The molecule has 0 radical (unpaired) electrons. The van der Waals surface area contributed by atoms with Crippen LogP contribution < -0.4 is 10.6 Å². The first-order valence-electron chi connectivity index (χ1n) is 15.1. The fraction of sp³-hybridized carbons (Fsp3) is 0.364. The van der Waals surface area contributed by atoms with Crippen LogP contribution in [0.25, 0.3) is 22.4 Å². The Morgan fingerprint density at radius 1 is 0.955 bits per heavy atom. The van der Waals surface area contributed by atoms with Crippen molar-refractivity contribution in [3.05, 3.63) is 78.0 Å². The molecule has 3 heterocycles. The molecule has 1 aliphatic heterocycles. The molecule has 2 aromatic heterocycles. The molecule has 0 bridgehead atoms. The van der Waals surface area contributed by atoms with Gasteiger partial charge in [-0.05, 0) is 25.5 Å². The summed E-state index contributed by atoms with van der Waals surface area (Å²) in [6.45, 7) is 8.16. The van der Waals surface area contributed by atoms with Crippen LogP contribution in [0.2, 0.25) is 0 Å². The minimum Gasteiger partial charge on any atom is -0.438 e. The summed E-state index contributed by atoms with van der Waals surface area (Å²) in [6, 6.07) is 21.2. The molecule has 1 fully saturated rings. The molecule has 230 valence electrons. The summed E-state index contributed by atoms with van der Waals surface area (Å²) in [5.74, 6) is 0.811. The molecule has 11 heteroatoms. The van der Waals surface area contributed by atoms with E-state index >= 15 is 0 Å². The van der Waals surface area contributed by atoms with E-state index in [1.54, 1.807) is 15.9 Å². The van der Waals surface area contributed by atoms with Crippen LogP contribution in [0.3, 0.4) is 0 Å². The van der Waals surface area contributed by atoms with Crippen LogP contribution in [0.5, 0.6) is 0 Å². The van der Waals surface area contributed by atoms with Gasteiger partial charge in [-0.2, -0.15) is 0 Å². The van der Waals surface area contributed by atoms with E-state index in [0.717, 1.165) is 11.1 Å². The minimum absolute atomic E-state index is 0.111. The molecule has 0 spiro atoms. The largest absolute Gasteiger partial charge is 0.438 e. The van der Waals surface area contributed by atoms with E-state index in [2.05, 4.69) is 15.6 Å². The summed E-state index contributed by atoms with van der Waals surface area (Å²) in [7, 11) is 0. The molecular formula is C33H39N7O4. The van der Waals surface area contributed by atoms with Gasteiger partial charge in [0.15, 0.2) is 5.82 Å². The zero-order valence-corrected chi connectivity index (χ0v) is 25.4. The number of amides is 3. The predicted molar refractivity (Wildman–Crippen MR) is 169 cm³/mol. The second kappa shape index (κ2) is 13.6. The highest BCUT2D eigenvalue weighted by Crippen LogP contribution is 2.38. The lowest BCUT2D eigenvalue weighted by Gasteiger charge is -2.42. The Labute approximate surface area is 257 Å². The molecule has 0 saturated carbocycles. The number of anilines is 1. The van der Waals surface area contributed by atoms with Gasteiger partial charge in [-0.1, -0.05) is 60.7 Å². The molecule has 44 heavy (non-hydrogen) atoms. The molecule has 0 atom stereocenters. The smallest absolute Gasteiger partial charge is 0.410 e. The average Bonchev–Trinajstić information content (AvgIpc) is 3.49. The van der Waals surface area contributed by atoms with Gasteiger partial charge in [0.1, 0.15) is 22.8 Å². The second-order valence-corrected chi connectivity index (χ2v) is 10.8. The van der Waals surface area contributed by atoms with Crippen LogP contribution in [-0.2, 0) is 15.1 Å². The number of ether oxygens (including phenoxy) is 1. The Kier molecular flexibility index (Phi) is 9.42. The number of fused-ring (bicyclic) bond motifs is 1. The van der Waals surface area contributed by atoms with Gasteiger partial charge in [0.05, 0.1) is 5.39 Å². The van der Waals surface area contributed by atoms with Gasteiger partial charge in [-0.3, -0.25) is 9.59 Å². The number of aromatic amines is 1. The fourth-order valence-electron chi connectivity index (χ4n) is 5.54. The number of hydrogen-bond donors (Lipinski definition) is 3. The number of benzene rings is 2. The van der Waals surface area contributed by atoms with Crippen LogP contribution in [-0.4, -0.2) is 81.9 Å². The van der Waals surface area contributed by atoms with E-state index in [4.69, 9.17) is 14.7 Å². The quantitative estimate of drug-likeness (QED) is 0.224. The summed E-state index contributed by atoms with van der Waals surface area (Å²) < 4.78 is 6.21. The number of nitrogens with zero attached hydrogens (tertiary/aromatic N) is 4. The van der Waals surface area contributed by atoms with E-state index < -0.39 is 5.60 Å². The molecule has 0 aliphatic carbocycles. The molecular weight excluding hydrogens is 558 g/mol. The van der Waals surface area contributed by atoms with Crippen molar-refractivity contribution in [1.29, 1.82) is 0 Å². The van der Waals surface area contributed by atoms with Crippen LogP contribution in [0, 0.1) is 0 Å². The summed E-state index contributed by atoms with van der Waals surface area (Å²) in [5.41, 5.74) is 1.88. The van der Waals surface area contributed by atoms with Crippen LogP contribution in [0.4, 0.5) is 10.6 Å². The Bertz CT molecular complexity index is 1590. The Morgan fingerprint density at radius 3 is 2.25 bits per heavy atom. The normalized spacial score (nSPS) is 14.2. The molecule has 3 amide bonds. The zero-order valence-electron chi connectivity index (χ0n) is 25.4. The molecule has 1 aliphatic rings. The number of piperidine rings is 1. The van der Waals surface area contributed by atoms with Crippen LogP contribution in [0.1, 0.15) is 49.7 Å². The average molecular weight is 598 g/mol. The lowest BCUT2D eigenvalue weighted by molar-refractivity contribution is -0.118. The van der Waals surface area contributed by atoms with Gasteiger partial charge < -0.3 is 30.2 Å². The molecule has 4 aromatic rings. The van der Waals surface area contributed by atoms with Crippen LogP contribution in [0.15, 0.2) is 66.7 Å². The maximum Gasteiger partial charge on any atom is 0.410 e. The van der Waals surface area contributed by atoms with E-state index in [9.17, 15) is 14.4 Å². The number of rotatable bonds is 10. The monoisotopic (exact) mass is 597 g/mol. The molecule has 11 nitrogen and oxygen atoms in total. The Hall–Kier alpha value is -4.93. The van der Waals surface area contributed by atoms with Gasteiger partial charge in [0, 0.05) is 64.6 Å². The third-order valence-electron chi connectivity index (χ3n) is 8.00. The van der Waals surface area contributed by atoms with E-state index in [0.29, 0.717) is 80.5 Å². The van der Waals surface area contributed by atoms with Crippen LogP contribution >= 0.6 is 0 Å². The summed E-state index contributed by atoms with van der Waals surface area (Å²) in [4.78, 5) is 54.3. The number of carbonyl (C=O) groups is 3. The first-order chi connectivity index (χ1) is 21.3. The van der Waals surface area contributed by atoms with Crippen molar-refractivity contribution >= 4 is 34.8 Å². The van der Waals surface area contributed by atoms with Gasteiger partial charge in [-0.15, -0.1) is 0 Å². The van der Waals surface area contributed by atoms with Gasteiger partial charge in [0.2, 0.25) is 5.91 Å². The van der Waals surface area contributed by atoms with Crippen molar-refractivity contribution in [2.45, 2.75) is 39.2 Å².